The van der Waals surface area contributed by atoms with Gasteiger partial charge < -0.3 is 15.4 Å². The number of nitro benzene ring substituents is 1. The highest BCUT2D eigenvalue weighted by molar-refractivity contribution is 6.43. The summed E-state index contributed by atoms with van der Waals surface area (Å²) in [5.41, 5.74) is 0.449. The van der Waals surface area contributed by atoms with Crippen LogP contribution in [-0.4, -0.2) is 28.8 Å². The van der Waals surface area contributed by atoms with Crippen LogP contribution in [0.25, 0.3) is 0 Å². The van der Waals surface area contributed by atoms with Crippen LogP contribution in [0.15, 0.2) is 36.4 Å². The number of nitro groups is 1. The Morgan fingerprint density at radius 3 is 2.50 bits per heavy atom. The number of carbonyl (C=O) groups is 2. The smallest absolute Gasteiger partial charge is 0.315 e. The molecule has 0 fully saturated rings. The lowest BCUT2D eigenvalue weighted by molar-refractivity contribution is -0.384. The Morgan fingerprint density at radius 1 is 1.17 bits per heavy atom. The average Bonchev–Trinajstić information content (AvgIpc) is 2.54. The van der Waals surface area contributed by atoms with Gasteiger partial charge >= 0.3 is 11.8 Å². The molecule has 0 unspecified atom stereocenters. The Kier molecular flexibility index (Phi) is 5.05. The van der Waals surface area contributed by atoms with Crippen molar-refractivity contribution in [1.82, 2.24) is 4.98 Å². The molecular formula is C15H14N4O5. The number of benzene rings is 1. The number of aromatic nitrogens is 1. The zero-order valence-electron chi connectivity index (χ0n) is 12.9. The van der Waals surface area contributed by atoms with Gasteiger partial charge in [-0.25, -0.2) is 4.98 Å². The van der Waals surface area contributed by atoms with Gasteiger partial charge in [0.15, 0.2) is 0 Å². The number of methoxy groups -OCH3 is 1. The molecule has 2 aromatic rings. The van der Waals surface area contributed by atoms with E-state index in [-0.39, 0.29) is 22.9 Å². The lowest BCUT2D eigenvalue weighted by Gasteiger charge is -2.10. The number of aryl methyl sites for hydroxylation is 1. The monoisotopic (exact) mass is 330 g/mol. The second kappa shape index (κ2) is 7.18. The summed E-state index contributed by atoms with van der Waals surface area (Å²) < 4.78 is 5.01. The molecule has 2 rings (SSSR count). The van der Waals surface area contributed by atoms with Gasteiger partial charge in [0.05, 0.1) is 17.7 Å². The molecule has 0 aliphatic rings. The number of hydrogen-bond acceptors (Lipinski definition) is 6. The van der Waals surface area contributed by atoms with Crippen LogP contribution in [0.2, 0.25) is 0 Å². The van der Waals surface area contributed by atoms with Crippen LogP contribution in [-0.2, 0) is 9.59 Å². The first-order chi connectivity index (χ1) is 11.4. The van der Waals surface area contributed by atoms with Crippen LogP contribution in [0, 0.1) is 17.0 Å². The molecule has 2 N–H and O–H groups in total. The zero-order valence-corrected chi connectivity index (χ0v) is 12.9. The zero-order chi connectivity index (χ0) is 17.7. The average molecular weight is 330 g/mol. The van der Waals surface area contributed by atoms with Crippen molar-refractivity contribution in [3.63, 3.8) is 0 Å². The van der Waals surface area contributed by atoms with E-state index in [0.29, 0.717) is 5.69 Å². The standard InChI is InChI=1S/C15H14N4O5/c1-9-4-3-5-13(16-9)18-15(21)14(20)17-11-8-10(19(22)23)6-7-12(11)24-2/h3-8H,1-2H3,(H,17,20)(H,16,18,21). The highest BCUT2D eigenvalue weighted by atomic mass is 16.6. The second-order valence-electron chi connectivity index (χ2n) is 4.71. The maximum absolute atomic E-state index is 12.0. The number of pyridine rings is 1. The number of amides is 2. The van der Waals surface area contributed by atoms with E-state index in [9.17, 15) is 19.7 Å². The first-order valence-electron chi connectivity index (χ1n) is 6.79. The second-order valence-corrected chi connectivity index (χ2v) is 4.71. The van der Waals surface area contributed by atoms with E-state index in [2.05, 4.69) is 15.6 Å². The molecule has 9 nitrogen and oxygen atoms in total. The SMILES string of the molecule is COc1ccc([N+](=O)[O-])cc1NC(=O)C(=O)Nc1cccc(C)n1. The van der Waals surface area contributed by atoms with Crippen molar-refractivity contribution < 1.29 is 19.2 Å². The van der Waals surface area contributed by atoms with Crippen molar-refractivity contribution in [1.29, 1.82) is 0 Å². The molecule has 1 aromatic heterocycles. The first-order valence-corrected chi connectivity index (χ1v) is 6.79. The maximum Gasteiger partial charge on any atom is 0.315 e. The molecule has 1 aromatic carbocycles. The predicted octanol–water partition coefficient (Wildman–Crippen LogP) is 1.88. The van der Waals surface area contributed by atoms with Gasteiger partial charge in [-0.2, -0.15) is 0 Å². The third-order valence-electron chi connectivity index (χ3n) is 2.98. The summed E-state index contributed by atoms with van der Waals surface area (Å²) in [6.07, 6.45) is 0. The van der Waals surface area contributed by atoms with E-state index in [1.54, 1.807) is 19.1 Å². The van der Waals surface area contributed by atoms with Crippen LogP contribution < -0.4 is 15.4 Å². The van der Waals surface area contributed by atoms with E-state index in [1.807, 2.05) is 0 Å². The van der Waals surface area contributed by atoms with Crippen LogP contribution in [0.1, 0.15) is 5.69 Å². The van der Waals surface area contributed by atoms with Gasteiger partial charge in [-0.3, -0.25) is 19.7 Å². The lowest BCUT2D eigenvalue weighted by Crippen LogP contribution is -2.29. The van der Waals surface area contributed by atoms with Crippen molar-refractivity contribution in [3.05, 3.63) is 52.2 Å². The van der Waals surface area contributed by atoms with Crippen molar-refractivity contribution in [2.45, 2.75) is 6.92 Å². The fraction of sp³-hybridized carbons (Fsp3) is 0.133. The minimum Gasteiger partial charge on any atom is -0.495 e. The Bertz CT molecular complexity index is 806. The van der Waals surface area contributed by atoms with Gasteiger partial charge in [0, 0.05) is 17.8 Å². The van der Waals surface area contributed by atoms with Crippen LogP contribution >= 0.6 is 0 Å². The number of non-ortho nitro benzene ring substituents is 1. The Hall–Kier alpha value is -3.49. The lowest BCUT2D eigenvalue weighted by atomic mass is 10.2. The molecule has 0 bridgehead atoms. The normalized spacial score (nSPS) is 9.92. The van der Waals surface area contributed by atoms with Gasteiger partial charge in [-0.15, -0.1) is 0 Å². The fourth-order valence-electron chi connectivity index (χ4n) is 1.87. The third kappa shape index (κ3) is 4.03. The molecule has 0 aliphatic carbocycles. The predicted molar refractivity (Wildman–Crippen MR) is 85.9 cm³/mol. The maximum atomic E-state index is 12.0. The van der Waals surface area contributed by atoms with Crippen molar-refractivity contribution >= 4 is 29.0 Å². The topological polar surface area (TPSA) is 123 Å². The Morgan fingerprint density at radius 2 is 1.88 bits per heavy atom. The van der Waals surface area contributed by atoms with Crippen molar-refractivity contribution in [2.24, 2.45) is 0 Å². The molecule has 9 heteroatoms. The third-order valence-corrected chi connectivity index (χ3v) is 2.98. The molecule has 124 valence electrons. The van der Waals surface area contributed by atoms with Crippen LogP contribution in [0.5, 0.6) is 5.75 Å². The molecule has 0 aliphatic heterocycles. The fourth-order valence-corrected chi connectivity index (χ4v) is 1.87. The molecule has 0 saturated heterocycles. The van der Waals surface area contributed by atoms with Crippen molar-refractivity contribution in [3.8, 4) is 5.75 Å². The van der Waals surface area contributed by atoms with E-state index < -0.39 is 16.7 Å². The molecule has 1 heterocycles. The van der Waals surface area contributed by atoms with Crippen LogP contribution in [0.3, 0.4) is 0 Å². The van der Waals surface area contributed by atoms with Gasteiger partial charge in [0.2, 0.25) is 0 Å². The van der Waals surface area contributed by atoms with Gasteiger partial charge in [-0.05, 0) is 25.1 Å². The molecule has 0 saturated carbocycles. The molecule has 2 amide bonds. The molecule has 0 atom stereocenters. The molecule has 0 spiro atoms. The number of ether oxygens (including phenoxy) is 1. The minimum absolute atomic E-state index is 0.0176. The summed E-state index contributed by atoms with van der Waals surface area (Å²) in [4.78, 5) is 38.1. The quantitative estimate of drug-likeness (QED) is 0.501. The molecule has 0 radical (unpaired) electrons. The highest BCUT2D eigenvalue weighted by Crippen LogP contribution is 2.28. The number of rotatable bonds is 4. The van der Waals surface area contributed by atoms with Crippen LogP contribution in [0.4, 0.5) is 17.2 Å². The van der Waals surface area contributed by atoms with Gasteiger partial charge in [0.1, 0.15) is 11.6 Å². The van der Waals surface area contributed by atoms with E-state index in [1.165, 1.54) is 25.3 Å². The van der Waals surface area contributed by atoms with Gasteiger partial charge in [0.25, 0.3) is 5.69 Å². The first kappa shape index (κ1) is 16.9. The molecular weight excluding hydrogens is 316 g/mol. The Labute approximate surface area is 136 Å². The van der Waals surface area contributed by atoms with E-state index >= 15 is 0 Å². The summed E-state index contributed by atoms with van der Waals surface area (Å²) >= 11 is 0. The summed E-state index contributed by atoms with van der Waals surface area (Å²) in [5.74, 6) is -1.55. The van der Waals surface area contributed by atoms with E-state index in [4.69, 9.17) is 4.74 Å². The minimum atomic E-state index is -1.00. The molecule has 24 heavy (non-hydrogen) atoms. The number of hydrogen-bond donors (Lipinski definition) is 2. The van der Waals surface area contributed by atoms with Crippen molar-refractivity contribution in [2.75, 3.05) is 17.7 Å². The highest BCUT2D eigenvalue weighted by Gasteiger charge is 2.19. The summed E-state index contributed by atoms with van der Waals surface area (Å²) in [6, 6.07) is 8.61. The largest absolute Gasteiger partial charge is 0.495 e. The number of nitrogens with one attached hydrogen (secondary N) is 2. The number of nitrogens with zero attached hydrogens (tertiary/aromatic N) is 2. The number of carbonyl (C=O) groups excluding carboxylic acids is 2. The summed E-state index contributed by atoms with van der Waals surface area (Å²) in [6.45, 7) is 1.74. The summed E-state index contributed by atoms with van der Waals surface area (Å²) in [7, 11) is 1.34. The summed E-state index contributed by atoms with van der Waals surface area (Å²) in [5, 5.41) is 15.4. The number of anilines is 2. The van der Waals surface area contributed by atoms with E-state index in [0.717, 1.165) is 6.07 Å². The Balaban J connectivity index is 2.15. The van der Waals surface area contributed by atoms with Gasteiger partial charge in [-0.1, -0.05) is 6.07 Å².